The molecular weight excluding hydrogens is 367 g/mol. The monoisotopic (exact) mass is 375 g/mol. The van der Waals surface area contributed by atoms with E-state index in [0.29, 0.717) is 12.3 Å². The number of benzene rings is 1. The highest BCUT2D eigenvalue weighted by atomic mass is 19.4. The molecule has 0 fully saturated rings. The Labute approximate surface area is 141 Å². The number of hydrogen-bond donors (Lipinski definition) is 1. The quantitative estimate of drug-likeness (QED) is 0.597. The smallest absolute Gasteiger partial charge is 0.340 e. The molecule has 0 aliphatic rings. The Morgan fingerprint density at radius 3 is 2.15 bits per heavy atom. The van der Waals surface area contributed by atoms with Crippen molar-refractivity contribution in [3.8, 4) is 0 Å². The lowest BCUT2D eigenvalue weighted by Gasteiger charge is -2.14. The lowest BCUT2D eigenvalue weighted by molar-refractivity contribution is -0.141. The average molecular weight is 375 g/mol. The Bertz CT molecular complexity index is 947. The molecule has 0 amide bonds. The summed E-state index contributed by atoms with van der Waals surface area (Å²) < 4.78 is 89.9. The first-order chi connectivity index (χ1) is 12.0. The molecule has 0 radical (unpaired) electrons. The Morgan fingerprint density at radius 2 is 1.58 bits per heavy atom. The Hall–Kier alpha value is -2.91. The number of pyridine rings is 2. The van der Waals surface area contributed by atoms with Crippen molar-refractivity contribution in [1.82, 2.24) is 9.97 Å². The minimum absolute atomic E-state index is 0.108. The van der Waals surface area contributed by atoms with Crippen LogP contribution in [0.25, 0.3) is 10.9 Å². The van der Waals surface area contributed by atoms with E-state index in [1.807, 2.05) is 0 Å². The largest absolute Gasteiger partial charge is 0.433 e. The molecule has 1 N–H and O–H groups in total. The summed E-state index contributed by atoms with van der Waals surface area (Å²) in [6, 6.07) is 5.47. The van der Waals surface area contributed by atoms with E-state index < -0.39 is 29.4 Å². The maximum atomic E-state index is 13.3. The van der Waals surface area contributed by atoms with E-state index in [0.717, 1.165) is 24.3 Å². The van der Waals surface area contributed by atoms with E-state index in [2.05, 4.69) is 15.3 Å². The minimum atomic E-state index is -4.79. The van der Waals surface area contributed by atoms with Crippen LogP contribution in [-0.2, 0) is 12.4 Å². The van der Waals surface area contributed by atoms with Crippen LogP contribution in [0.5, 0.6) is 0 Å². The number of anilines is 2. The highest BCUT2D eigenvalue weighted by Crippen LogP contribution is 2.35. The third-order valence-electron chi connectivity index (χ3n) is 3.42. The predicted octanol–water partition coefficient (Wildman–Crippen LogP) is 5.55. The molecule has 0 spiro atoms. The summed E-state index contributed by atoms with van der Waals surface area (Å²) in [5, 5.41) is 2.67. The van der Waals surface area contributed by atoms with Gasteiger partial charge in [0.15, 0.2) is 0 Å². The van der Waals surface area contributed by atoms with E-state index in [1.54, 1.807) is 0 Å². The van der Waals surface area contributed by atoms with Crippen molar-refractivity contribution in [2.45, 2.75) is 12.4 Å². The number of halogens is 7. The van der Waals surface area contributed by atoms with E-state index in [-0.39, 0.29) is 22.4 Å². The van der Waals surface area contributed by atoms with Crippen LogP contribution in [0.15, 0.2) is 42.6 Å². The third-order valence-corrected chi connectivity index (χ3v) is 3.42. The summed E-state index contributed by atoms with van der Waals surface area (Å²) in [5.41, 5.74) is -2.64. The van der Waals surface area contributed by atoms with Crippen LogP contribution in [0, 0.1) is 5.82 Å². The maximum Gasteiger partial charge on any atom is 0.433 e. The summed E-state index contributed by atoms with van der Waals surface area (Å²) in [6.45, 7) is 0. The molecule has 3 rings (SSSR count). The number of nitrogens with one attached hydrogen (secondary N) is 1. The zero-order chi connectivity index (χ0) is 19.1. The van der Waals surface area contributed by atoms with Crippen molar-refractivity contribution in [1.29, 1.82) is 0 Å². The second-order valence-corrected chi connectivity index (χ2v) is 5.27. The van der Waals surface area contributed by atoms with Gasteiger partial charge in [-0.15, -0.1) is 0 Å². The lowest BCUT2D eigenvalue weighted by atomic mass is 10.1. The molecular formula is C16H8F7N3. The Morgan fingerprint density at radius 1 is 0.846 bits per heavy atom. The van der Waals surface area contributed by atoms with E-state index in [9.17, 15) is 30.7 Å². The number of alkyl halides is 6. The minimum Gasteiger partial charge on any atom is -0.340 e. The van der Waals surface area contributed by atoms with Gasteiger partial charge in [0.1, 0.15) is 17.3 Å². The standard InChI is InChI=1S/C16H8F7N3/c17-9-2-3-10-11(5-9)25-13(16(21,22)23)6-12(10)26-14-4-1-8(7-24-14)15(18,19)20/h1-7H,(H,24,25,26). The van der Waals surface area contributed by atoms with Crippen molar-refractivity contribution in [3.05, 3.63) is 59.7 Å². The topological polar surface area (TPSA) is 37.8 Å². The number of fused-ring (bicyclic) bond motifs is 1. The van der Waals surface area contributed by atoms with Gasteiger partial charge in [0.25, 0.3) is 0 Å². The SMILES string of the molecule is Fc1ccc2c(Nc3ccc(C(F)(F)F)cn3)cc(C(F)(F)F)nc2c1. The first kappa shape index (κ1) is 17.9. The van der Waals surface area contributed by atoms with Crippen molar-refractivity contribution in [3.63, 3.8) is 0 Å². The third kappa shape index (κ3) is 3.68. The first-order valence-electron chi connectivity index (χ1n) is 7.02. The average Bonchev–Trinajstić information content (AvgIpc) is 2.53. The lowest BCUT2D eigenvalue weighted by Crippen LogP contribution is -2.09. The predicted molar refractivity (Wildman–Crippen MR) is 79.2 cm³/mol. The highest BCUT2D eigenvalue weighted by molar-refractivity contribution is 5.93. The number of rotatable bonds is 2. The molecule has 10 heteroatoms. The summed E-state index contributed by atoms with van der Waals surface area (Å²) in [5.74, 6) is -0.883. The molecule has 2 heterocycles. The first-order valence-corrected chi connectivity index (χ1v) is 7.02. The molecule has 26 heavy (non-hydrogen) atoms. The molecule has 1 aromatic carbocycles. The maximum absolute atomic E-state index is 13.3. The van der Waals surface area contributed by atoms with Gasteiger partial charge in [-0.05, 0) is 30.3 Å². The van der Waals surface area contributed by atoms with Gasteiger partial charge in [-0.3, -0.25) is 0 Å². The second-order valence-electron chi connectivity index (χ2n) is 5.27. The van der Waals surface area contributed by atoms with Crippen LogP contribution in [0.1, 0.15) is 11.3 Å². The molecule has 0 unspecified atom stereocenters. The summed E-state index contributed by atoms with van der Waals surface area (Å²) >= 11 is 0. The zero-order valence-corrected chi connectivity index (χ0v) is 12.6. The summed E-state index contributed by atoms with van der Waals surface area (Å²) in [7, 11) is 0. The molecule has 0 saturated carbocycles. The summed E-state index contributed by atoms with van der Waals surface area (Å²) in [6.07, 6.45) is -8.82. The molecule has 0 atom stereocenters. The van der Waals surface area contributed by atoms with Gasteiger partial charge in [-0.25, -0.2) is 14.4 Å². The van der Waals surface area contributed by atoms with E-state index in [1.165, 1.54) is 6.07 Å². The summed E-state index contributed by atoms with van der Waals surface area (Å²) in [4.78, 5) is 6.93. The van der Waals surface area contributed by atoms with Crippen molar-refractivity contribution in [2.75, 3.05) is 5.32 Å². The van der Waals surface area contributed by atoms with Crippen LogP contribution in [0.4, 0.5) is 42.2 Å². The Balaban J connectivity index is 2.06. The highest BCUT2D eigenvalue weighted by Gasteiger charge is 2.34. The van der Waals surface area contributed by atoms with Gasteiger partial charge in [-0.1, -0.05) is 0 Å². The van der Waals surface area contributed by atoms with Gasteiger partial charge < -0.3 is 5.32 Å². The van der Waals surface area contributed by atoms with Crippen molar-refractivity contribution < 1.29 is 30.7 Å². The molecule has 3 nitrogen and oxygen atoms in total. The normalized spacial score (nSPS) is 12.4. The van der Waals surface area contributed by atoms with Crippen LogP contribution < -0.4 is 5.32 Å². The fourth-order valence-corrected chi connectivity index (χ4v) is 2.22. The van der Waals surface area contributed by atoms with Gasteiger partial charge in [0, 0.05) is 17.6 Å². The molecule has 2 aromatic heterocycles. The molecule has 0 aliphatic heterocycles. The van der Waals surface area contributed by atoms with Gasteiger partial charge in [0.2, 0.25) is 0 Å². The van der Waals surface area contributed by atoms with E-state index >= 15 is 0 Å². The van der Waals surface area contributed by atoms with Crippen LogP contribution in [-0.4, -0.2) is 9.97 Å². The van der Waals surface area contributed by atoms with Crippen LogP contribution in [0.2, 0.25) is 0 Å². The zero-order valence-electron chi connectivity index (χ0n) is 12.6. The Kier molecular flexibility index (Phi) is 4.21. The number of aromatic nitrogens is 2. The molecule has 0 aliphatic carbocycles. The van der Waals surface area contributed by atoms with E-state index in [4.69, 9.17) is 0 Å². The van der Waals surface area contributed by atoms with Gasteiger partial charge in [-0.2, -0.15) is 26.3 Å². The van der Waals surface area contributed by atoms with Gasteiger partial charge in [0.05, 0.1) is 16.8 Å². The van der Waals surface area contributed by atoms with Crippen LogP contribution in [0.3, 0.4) is 0 Å². The number of nitrogens with zero attached hydrogens (tertiary/aromatic N) is 2. The molecule has 3 aromatic rings. The molecule has 0 saturated heterocycles. The van der Waals surface area contributed by atoms with Crippen molar-refractivity contribution >= 4 is 22.4 Å². The van der Waals surface area contributed by atoms with Gasteiger partial charge >= 0.3 is 12.4 Å². The van der Waals surface area contributed by atoms with Crippen LogP contribution >= 0.6 is 0 Å². The number of hydrogen-bond acceptors (Lipinski definition) is 3. The molecule has 136 valence electrons. The van der Waals surface area contributed by atoms with Crippen molar-refractivity contribution in [2.24, 2.45) is 0 Å². The second kappa shape index (κ2) is 6.11. The fraction of sp³-hybridized carbons (Fsp3) is 0.125. The fourth-order valence-electron chi connectivity index (χ4n) is 2.22. The molecule has 0 bridgehead atoms.